The van der Waals surface area contributed by atoms with Crippen molar-refractivity contribution in [2.24, 2.45) is 4.99 Å². The van der Waals surface area contributed by atoms with Crippen LogP contribution in [0, 0.1) is 0 Å². The molecule has 0 fully saturated rings. The molecule has 2 rings (SSSR count). The lowest BCUT2D eigenvalue weighted by Crippen LogP contribution is -2.32. The predicted molar refractivity (Wildman–Crippen MR) is 158 cm³/mol. The molecule has 0 aliphatic rings. The molecule has 4 N–H and O–H groups in total. The van der Waals surface area contributed by atoms with Crippen LogP contribution in [-0.2, 0) is 22.6 Å². The van der Waals surface area contributed by atoms with Gasteiger partial charge in [0.05, 0.1) is 30.9 Å². The highest BCUT2D eigenvalue weighted by molar-refractivity contribution is 7.78. The van der Waals surface area contributed by atoms with E-state index in [1.165, 1.54) is 0 Å². The molecule has 13 heteroatoms. The first-order chi connectivity index (χ1) is 17.4. The van der Waals surface area contributed by atoms with Gasteiger partial charge in [0.1, 0.15) is 16.9 Å². The van der Waals surface area contributed by atoms with Crippen molar-refractivity contribution in [2.45, 2.75) is 65.8 Å². The number of isothiocyanates is 1. The summed E-state index contributed by atoms with van der Waals surface area (Å²) in [7, 11) is 0. The molecule has 0 spiro atoms. The Balaban J connectivity index is 0.000000382. The van der Waals surface area contributed by atoms with Crippen LogP contribution in [0.15, 0.2) is 29.3 Å². The number of hydrogen-bond donors (Lipinski definition) is 3. The van der Waals surface area contributed by atoms with Crippen molar-refractivity contribution in [3.63, 3.8) is 0 Å². The number of nitrogen functional groups attached to an aromatic ring is 1. The number of aliphatic imine (C=N–C) groups is 1. The van der Waals surface area contributed by atoms with Crippen molar-refractivity contribution >= 4 is 87.3 Å². The molecule has 2 aromatic carbocycles. The molecule has 0 aliphatic heterocycles. The van der Waals surface area contributed by atoms with Gasteiger partial charge in [0, 0.05) is 13.1 Å². The summed E-state index contributed by atoms with van der Waals surface area (Å²) in [5, 5.41) is 8.85. The largest absolute Gasteiger partial charge is 0.444 e. The number of anilines is 1. The number of nitrogens with zero attached hydrogens (tertiary/aromatic N) is 1. The van der Waals surface area contributed by atoms with Crippen molar-refractivity contribution in [2.75, 3.05) is 5.73 Å². The van der Waals surface area contributed by atoms with Crippen molar-refractivity contribution in [3.8, 4) is 0 Å². The summed E-state index contributed by atoms with van der Waals surface area (Å²) in [6, 6.07) is 6.67. The molecular formula is C25H30Cl4N4O4S. The first-order valence-corrected chi connectivity index (χ1v) is 13.1. The highest BCUT2D eigenvalue weighted by Gasteiger charge is 2.18. The smallest absolute Gasteiger partial charge is 0.407 e. The molecule has 0 heterocycles. The van der Waals surface area contributed by atoms with Crippen LogP contribution in [0.25, 0.3) is 0 Å². The van der Waals surface area contributed by atoms with Crippen LogP contribution in [0.3, 0.4) is 0 Å². The van der Waals surface area contributed by atoms with E-state index in [1.807, 2.05) is 0 Å². The van der Waals surface area contributed by atoms with Crippen LogP contribution >= 0.6 is 58.6 Å². The van der Waals surface area contributed by atoms with Gasteiger partial charge < -0.3 is 25.8 Å². The maximum absolute atomic E-state index is 11.6. The molecule has 0 aliphatic carbocycles. The fourth-order valence-corrected chi connectivity index (χ4v) is 3.63. The summed E-state index contributed by atoms with van der Waals surface area (Å²) in [5.41, 5.74) is 6.58. The number of alkyl carbamates (subject to hydrolysis) is 2. The van der Waals surface area contributed by atoms with Gasteiger partial charge in [-0.15, -0.1) is 0 Å². The number of hydrogen-bond acceptors (Lipinski definition) is 7. The van der Waals surface area contributed by atoms with Crippen LogP contribution in [0.1, 0.15) is 52.7 Å². The van der Waals surface area contributed by atoms with E-state index in [-0.39, 0.29) is 13.1 Å². The molecule has 2 aromatic rings. The third-order valence-corrected chi connectivity index (χ3v) is 5.75. The number of carbonyl (C=O) groups is 2. The highest BCUT2D eigenvalue weighted by Crippen LogP contribution is 2.35. The molecule has 0 radical (unpaired) electrons. The van der Waals surface area contributed by atoms with E-state index >= 15 is 0 Å². The van der Waals surface area contributed by atoms with Crippen molar-refractivity contribution in [3.05, 3.63) is 55.5 Å². The van der Waals surface area contributed by atoms with Crippen LogP contribution in [0.5, 0.6) is 0 Å². The molecule has 38 heavy (non-hydrogen) atoms. The second kappa shape index (κ2) is 14.8. The average Bonchev–Trinajstić information content (AvgIpc) is 2.77. The van der Waals surface area contributed by atoms with Gasteiger partial charge in [0.2, 0.25) is 0 Å². The van der Waals surface area contributed by atoms with E-state index < -0.39 is 23.4 Å². The molecule has 0 saturated heterocycles. The Morgan fingerprint density at radius 3 is 1.68 bits per heavy atom. The molecule has 8 nitrogen and oxygen atoms in total. The van der Waals surface area contributed by atoms with Crippen molar-refractivity contribution in [1.29, 1.82) is 0 Å². The third-order valence-electron chi connectivity index (χ3n) is 4.16. The lowest BCUT2D eigenvalue weighted by Gasteiger charge is -2.20. The summed E-state index contributed by atoms with van der Waals surface area (Å²) >= 11 is 28.5. The second-order valence-electron chi connectivity index (χ2n) is 9.72. The van der Waals surface area contributed by atoms with Crippen LogP contribution in [0.4, 0.5) is 21.0 Å². The normalized spacial score (nSPS) is 10.9. The molecule has 0 bridgehead atoms. The van der Waals surface area contributed by atoms with Gasteiger partial charge in [-0.1, -0.05) is 58.5 Å². The fraction of sp³-hybridized carbons (Fsp3) is 0.400. The molecule has 2 amide bonds. The zero-order chi connectivity index (χ0) is 29.3. The number of thiocarbonyl (C=S) groups is 1. The van der Waals surface area contributed by atoms with Crippen LogP contribution < -0.4 is 16.4 Å². The Kier molecular flexibility index (Phi) is 13.1. The molecule has 208 valence electrons. The maximum Gasteiger partial charge on any atom is 0.407 e. The van der Waals surface area contributed by atoms with E-state index in [1.54, 1.807) is 65.8 Å². The van der Waals surface area contributed by atoms with Crippen molar-refractivity contribution in [1.82, 2.24) is 10.6 Å². The van der Waals surface area contributed by atoms with Gasteiger partial charge in [-0.2, -0.15) is 4.99 Å². The lowest BCUT2D eigenvalue weighted by molar-refractivity contribution is 0.0512. The number of halogens is 4. The van der Waals surface area contributed by atoms with Gasteiger partial charge in [0.25, 0.3) is 0 Å². The highest BCUT2D eigenvalue weighted by atomic mass is 35.5. The minimum Gasteiger partial charge on any atom is -0.444 e. The summed E-state index contributed by atoms with van der Waals surface area (Å²) in [6.45, 7) is 11.2. The number of carbonyl (C=O) groups excluding carboxylic acids is 2. The summed E-state index contributed by atoms with van der Waals surface area (Å²) in [4.78, 5) is 26.8. The number of nitrogens with one attached hydrogen (secondary N) is 2. The Labute approximate surface area is 248 Å². The monoisotopic (exact) mass is 622 g/mol. The molecule has 0 unspecified atom stereocenters. The first kappa shape index (κ1) is 33.8. The lowest BCUT2D eigenvalue weighted by atomic mass is 10.2. The summed E-state index contributed by atoms with van der Waals surface area (Å²) in [6.07, 6.45) is -1.03. The zero-order valence-corrected chi connectivity index (χ0v) is 25.6. The Bertz CT molecular complexity index is 1210. The molecule has 0 saturated carbocycles. The molecular weight excluding hydrogens is 594 g/mol. The minimum absolute atomic E-state index is 0.199. The topological polar surface area (TPSA) is 115 Å². The molecule has 0 atom stereocenters. The predicted octanol–water partition coefficient (Wildman–Crippen LogP) is 8.35. The van der Waals surface area contributed by atoms with E-state index in [0.29, 0.717) is 42.6 Å². The van der Waals surface area contributed by atoms with E-state index in [0.717, 1.165) is 0 Å². The zero-order valence-electron chi connectivity index (χ0n) is 21.8. The van der Waals surface area contributed by atoms with Crippen LogP contribution in [0.2, 0.25) is 20.1 Å². The van der Waals surface area contributed by atoms with Gasteiger partial charge in [-0.3, -0.25) is 0 Å². The first-order valence-electron chi connectivity index (χ1n) is 11.2. The SMILES string of the molecule is CC(C)(C)OC(=O)NCc1ccc(Cl)c(N)c1Cl.CC(C)(C)OC(=O)NCc1ccc(Cl)c(N=C=S)c1Cl. The number of amides is 2. The fourth-order valence-electron chi connectivity index (χ4n) is 2.58. The standard InChI is InChI=1S/C13H14Cl2N2O2S.C12H16Cl2N2O2/c1-13(2,3)19-12(18)16-6-8-4-5-9(14)11(10(8)15)17-7-20;1-12(2,3)18-11(17)16-6-7-4-5-8(13)10(15)9(7)14/h4-5H,6H2,1-3H3,(H,16,18);4-5H,6,15H2,1-3H3,(H,16,17). The van der Waals surface area contributed by atoms with Crippen LogP contribution in [-0.4, -0.2) is 28.5 Å². The minimum atomic E-state index is -0.555. The number of ether oxygens (including phenoxy) is 2. The number of benzene rings is 2. The quantitative estimate of drug-likeness (QED) is 0.175. The van der Waals surface area contributed by atoms with E-state index in [4.69, 9.17) is 61.6 Å². The summed E-state index contributed by atoms with van der Waals surface area (Å²) < 4.78 is 10.2. The van der Waals surface area contributed by atoms with Gasteiger partial charge in [-0.05, 0) is 77.0 Å². The van der Waals surface area contributed by atoms with E-state index in [9.17, 15) is 9.59 Å². The Morgan fingerprint density at radius 2 is 1.26 bits per heavy atom. The Morgan fingerprint density at radius 1 is 0.842 bits per heavy atom. The number of rotatable bonds is 5. The van der Waals surface area contributed by atoms with Gasteiger partial charge in [-0.25, -0.2) is 9.59 Å². The number of nitrogens with two attached hydrogens (primary N) is 1. The summed E-state index contributed by atoms with van der Waals surface area (Å²) in [5.74, 6) is 0. The Hall–Kier alpha value is -2.26. The van der Waals surface area contributed by atoms with Gasteiger partial charge >= 0.3 is 12.2 Å². The maximum atomic E-state index is 11.6. The van der Waals surface area contributed by atoms with E-state index in [2.05, 4.69) is 33.0 Å². The molecule has 0 aromatic heterocycles. The third kappa shape index (κ3) is 12.1. The van der Waals surface area contributed by atoms with Gasteiger partial charge in [0.15, 0.2) is 0 Å². The second-order valence-corrected chi connectivity index (χ2v) is 11.5. The van der Waals surface area contributed by atoms with Crippen molar-refractivity contribution < 1.29 is 19.1 Å². The average molecular weight is 624 g/mol.